The molecule has 96 valence electrons. The van der Waals surface area contributed by atoms with Gasteiger partial charge in [0.2, 0.25) is 0 Å². The van der Waals surface area contributed by atoms with Crippen molar-refractivity contribution in [2.45, 2.75) is 26.7 Å². The van der Waals surface area contributed by atoms with Gasteiger partial charge in [0.05, 0.1) is 0 Å². The molecule has 0 aromatic carbocycles. The van der Waals surface area contributed by atoms with Crippen LogP contribution in [0.2, 0.25) is 0 Å². The fourth-order valence-electron chi connectivity index (χ4n) is 2.46. The van der Waals surface area contributed by atoms with Gasteiger partial charge in [0.25, 0.3) is 0 Å². The van der Waals surface area contributed by atoms with E-state index in [1.54, 1.807) is 0 Å². The summed E-state index contributed by atoms with van der Waals surface area (Å²) in [6, 6.07) is 0. The molecule has 16 heavy (non-hydrogen) atoms. The second kappa shape index (κ2) is 8.04. The van der Waals surface area contributed by atoms with Gasteiger partial charge in [0, 0.05) is 19.6 Å². The van der Waals surface area contributed by atoms with Crippen LogP contribution in [0, 0.1) is 5.92 Å². The molecule has 0 radical (unpaired) electrons. The second-order valence-corrected chi connectivity index (χ2v) is 5.00. The number of piperidine rings is 1. The average Bonchev–Trinajstić information content (AvgIpc) is 2.31. The summed E-state index contributed by atoms with van der Waals surface area (Å²) in [6.45, 7) is 13.0. The molecule has 1 atom stereocenters. The summed E-state index contributed by atoms with van der Waals surface area (Å²) in [5.74, 6) is 0.871. The Kier molecular flexibility index (Phi) is 7.01. The quantitative estimate of drug-likeness (QED) is 0.706. The lowest BCUT2D eigenvalue weighted by molar-refractivity contribution is 0.205. The molecule has 1 rings (SSSR count). The Morgan fingerprint density at radius 1 is 1.19 bits per heavy atom. The van der Waals surface area contributed by atoms with Crippen molar-refractivity contribution in [2.24, 2.45) is 5.92 Å². The Balaban J connectivity index is 2.11. The Hall–Kier alpha value is -0.120. The van der Waals surface area contributed by atoms with E-state index in [-0.39, 0.29) is 0 Å². The van der Waals surface area contributed by atoms with Gasteiger partial charge >= 0.3 is 0 Å². The highest BCUT2D eigenvalue weighted by Gasteiger charge is 2.14. The molecule has 3 nitrogen and oxygen atoms in total. The monoisotopic (exact) mass is 227 g/mol. The van der Waals surface area contributed by atoms with Crippen LogP contribution in [0.3, 0.4) is 0 Å². The first kappa shape index (κ1) is 13.9. The predicted octanol–water partition coefficient (Wildman–Crippen LogP) is 1.26. The third kappa shape index (κ3) is 5.28. The van der Waals surface area contributed by atoms with E-state index in [1.165, 1.54) is 58.7 Å². The van der Waals surface area contributed by atoms with Crippen LogP contribution in [-0.4, -0.2) is 62.7 Å². The summed E-state index contributed by atoms with van der Waals surface area (Å²) in [4.78, 5) is 4.99. The largest absolute Gasteiger partial charge is 0.316 e. The number of nitrogens with zero attached hydrogens (tertiary/aromatic N) is 2. The molecule has 1 aliphatic heterocycles. The van der Waals surface area contributed by atoms with Crippen molar-refractivity contribution < 1.29 is 0 Å². The maximum Gasteiger partial charge on any atom is 0.0109 e. The third-order valence-electron chi connectivity index (χ3n) is 3.66. The van der Waals surface area contributed by atoms with Crippen LogP contribution < -0.4 is 5.32 Å². The van der Waals surface area contributed by atoms with E-state index < -0.39 is 0 Å². The Labute approximate surface area is 101 Å². The van der Waals surface area contributed by atoms with Crippen molar-refractivity contribution in [1.82, 2.24) is 15.1 Å². The predicted molar refractivity (Wildman–Crippen MR) is 70.9 cm³/mol. The van der Waals surface area contributed by atoms with Gasteiger partial charge < -0.3 is 15.1 Å². The van der Waals surface area contributed by atoms with E-state index in [0.29, 0.717) is 0 Å². The van der Waals surface area contributed by atoms with E-state index in [0.717, 1.165) is 5.92 Å². The minimum Gasteiger partial charge on any atom is -0.316 e. The SMILES string of the molecule is CCN(CC)CCN(C)CC1CCCNC1. The maximum atomic E-state index is 3.49. The van der Waals surface area contributed by atoms with Crippen LogP contribution in [0.1, 0.15) is 26.7 Å². The molecule has 0 aromatic heterocycles. The highest BCUT2D eigenvalue weighted by atomic mass is 15.2. The van der Waals surface area contributed by atoms with E-state index in [9.17, 15) is 0 Å². The van der Waals surface area contributed by atoms with Crippen molar-refractivity contribution in [3.63, 3.8) is 0 Å². The van der Waals surface area contributed by atoms with Gasteiger partial charge in [0.15, 0.2) is 0 Å². The maximum absolute atomic E-state index is 3.49. The van der Waals surface area contributed by atoms with Gasteiger partial charge in [-0.3, -0.25) is 0 Å². The first-order valence-corrected chi connectivity index (χ1v) is 6.87. The summed E-state index contributed by atoms with van der Waals surface area (Å²) in [5.41, 5.74) is 0. The third-order valence-corrected chi connectivity index (χ3v) is 3.66. The van der Waals surface area contributed by atoms with Crippen molar-refractivity contribution in [3.05, 3.63) is 0 Å². The van der Waals surface area contributed by atoms with Gasteiger partial charge in [-0.15, -0.1) is 0 Å². The molecule has 0 bridgehead atoms. The lowest BCUT2D eigenvalue weighted by Gasteiger charge is -2.29. The zero-order valence-electron chi connectivity index (χ0n) is 11.3. The lowest BCUT2D eigenvalue weighted by Crippen LogP contribution is -2.39. The van der Waals surface area contributed by atoms with Gasteiger partial charge in [-0.05, 0) is 52.0 Å². The van der Waals surface area contributed by atoms with Crippen LogP contribution in [0.5, 0.6) is 0 Å². The fraction of sp³-hybridized carbons (Fsp3) is 1.00. The van der Waals surface area contributed by atoms with Gasteiger partial charge in [-0.25, -0.2) is 0 Å². The highest BCUT2D eigenvalue weighted by Crippen LogP contribution is 2.10. The molecule has 0 saturated carbocycles. The van der Waals surface area contributed by atoms with Gasteiger partial charge in [-0.2, -0.15) is 0 Å². The summed E-state index contributed by atoms with van der Waals surface area (Å²) >= 11 is 0. The number of rotatable bonds is 7. The molecule has 0 amide bonds. The Morgan fingerprint density at radius 3 is 2.50 bits per heavy atom. The smallest absolute Gasteiger partial charge is 0.0109 e. The number of hydrogen-bond acceptors (Lipinski definition) is 3. The first-order chi connectivity index (χ1) is 7.76. The van der Waals surface area contributed by atoms with E-state index in [2.05, 4.69) is 36.0 Å². The van der Waals surface area contributed by atoms with Crippen molar-refractivity contribution >= 4 is 0 Å². The second-order valence-electron chi connectivity index (χ2n) is 5.00. The van der Waals surface area contributed by atoms with Crippen LogP contribution in [-0.2, 0) is 0 Å². The molecule has 1 unspecified atom stereocenters. The Morgan fingerprint density at radius 2 is 1.94 bits per heavy atom. The number of hydrogen-bond donors (Lipinski definition) is 1. The molecule has 3 heteroatoms. The summed E-state index contributed by atoms with van der Waals surface area (Å²) in [5, 5.41) is 3.49. The topological polar surface area (TPSA) is 18.5 Å². The molecule has 1 fully saturated rings. The fourth-order valence-corrected chi connectivity index (χ4v) is 2.46. The first-order valence-electron chi connectivity index (χ1n) is 6.87. The highest BCUT2D eigenvalue weighted by molar-refractivity contribution is 4.72. The minimum atomic E-state index is 0.871. The molecule has 0 spiro atoms. The zero-order chi connectivity index (χ0) is 11.8. The number of likely N-dealkylation sites (N-methyl/N-ethyl adjacent to an activating group) is 2. The van der Waals surface area contributed by atoms with Crippen molar-refractivity contribution in [1.29, 1.82) is 0 Å². The van der Waals surface area contributed by atoms with E-state index in [4.69, 9.17) is 0 Å². The molecule has 0 aliphatic carbocycles. The summed E-state index contributed by atoms with van der Waals surface area (Å²) in [6.07, 6.45) is 2.76. The zero-order valence-corrected chi connectivity index (χ0v) is 11.3. The molecular formula is C13H29N3. The van der Waals surface area contributed by atoms with Crippen LogP contribution >= 0.6 is 0 Å². The van der Waals surface area contributed by atoms with E-state index in [1.807, 2.05) is 0 Å². The van der Waals surface area contributed by atoms with Crippen molar-refractivity contribution in [2.75, 3.05) is 52.9 Å². The lowest BCUT2D eigenvalue weighted by atomic mass is 9.99. The van der Waals surface area contributed by atoms with Crippen molar-refractivity contribution in [3.8, 4) is 0 Å². The normalized spacial score (nSPS) is 21.9. The minimum absolute atomic E-state index is 0.871. The van der Waals surface area contributed by atoms with Crippen LogP contribution in [0.15, 0.2) is 0 Å². The van der Waals surface area contributed by atoms with Crippen LogP contribution in [0.25, 0.3) is 0 Å². The standard InChI is InChI=1S/C13H29N3/c1-4-16(5-2)10-9-15(3)12-13-7-6-8-14-11-13/h13-14H,4-12H2,1-3H3. The molecule has 1 saturated heterocycles. The summed E-state index contributed by atoms with van der Waals surface area (Å²) < 4.78 is 0. The number of nitrogens with one attached hydrogen (secondary N) is 1. The molecular weight excluding hydrogens is 198 g/mol. The Bertz CT molecular complexity index is 163. The molecule has 0 aromatic rings. The van der Waals surface area contributed by atoms with Gasteiger partial charge in [0.1, 0.15) is 0 Å². The molecule has 1 aliphatic rings. The summed E-state index contributed by atoms with van der Waals surface area (Å²) in [7, 11) is 2.26. The molecule has 1 N–H and O–H groups in total. The van der Waals surface area contributed by atoms with Crippen LogP contribution in [0.4, 0.5) is 0 Å². The van der Waals surface area contributed by atoms with Gasteiger partial charge in [-0.1, -0.05) is 13.8 Å². The van der Waals surface area contributed by atoms with E-state index >= 15 is 0 Å². The molecule has 1 heterocycles. The average molecular weight is 227 g/mol.